The van der Waals surface area contributed by atoms with Crippen molar-refractivity contribution >= 4 is 39.6 Å². The number of aromatic nitrogens is 1. The van der Waals surface area contributed by atoms with Gasteiger partial charge in [-0.15, -0.1) is 22.7 Å². The topological polar surface area (TPSA) is 112 Å². The summed E-state index contributed by atoms with van der Waals surface area (Å²) in [6.45, 7) is 4.05. The minimum absolute atomic E-state index is 0.00581. The second kappa shape index (κ2) is 8.45. The highest BCUT2D eigenvalue weighted by molar-refractivity contribution is 7.16. The van der Waals surface area contributed by atoms with Crippen LogP contribution in [0.3, 0.4) is 0 Å². The van der Waals surface area contributed by atoms with Crippen LogP contribution < -0.4 is 10.6 Å². The molecule has 4 N–H and O–H groups in total. The summed E-state index contributed by atoms with van der Waals surface area (Å²) in [5.74, 6) is -0.277. The monoisotopic (exact) mass is 489 g/mol. The van der Waals surface area contributed by atoms with Crippen LogP contribution in [-0.4, -0.2) is 45.8 Å². The lowest BCUT2D eigenvalue weighted by atomic mass is 9.47. The van der Waals surface area contributed by atoms with Crippen molar-refractivity contribution < 1.29 is 19.8 Å². The summed E-state index contributed by atoms with van der Waals surface area (Å²) < 4.78 is 0. The smallest absolute Gasteiger partial charge is 0.267 e. The molecule has 0 spiro atoms. The molecule has 5 atom stereocenters. The Hall–Kier alpha value is -1.81. The summed E-state index contributed by atoms with van der Waals surface area (Å²) in [5, 5.41) is 29.6. The number of rotatable bonds is 6. The zero-order valence-corrected chi connectivity index (χ0v) is 20.6. The molecule has 0 unspecified atom stereocenters. The zero-order chi connectivity index (χ0) is 23.4. The first-order chi connectivity index (χ1) is 15.7. The van der Waals surface area contributed by atoms with E-state index in [0.717, 1.165) is 29.8 Å². The van der Waals surface area contributed by atoms with Crippen LogP contribution in [0.5, 0.6) is 0 Å². The lowest BCUT2D eigenvalue weighted by Gasteiger charge is -2.58. The number of nitrogens with zero attached hydrogens (tertiary/aromatic N) is 1. The molecule has 3 aliphatic rings. The second-order valence-corrected chi connectivity index (χ2v) is 12.4. The van der Waals surface area contributed by atoms with Gasteiger partial charge >= 0.3 is 0 Å². The number of thiophene rings is 1. The van der Waals surface area contributed by atoms with Crippen molar-refractivity contribution in [2.45, 2.75) is 70.4 Å². The van der Waals surface area contributed by atoms with Gasteiger partial charge in [0.1, 0.15) is 0 Å². The molecular formula is C24H31N3O4S2. The van der Waals surface area contributed by atoms with Gasteiger partial charge < -0.3 is 15.5 Å². The molecule has 0 aromatic carbocycles. The largest absolute Gasteiger partial charge is 0.396 e. The number of aliphatic hydroxyl groups excluding tert-OH is 2. The summed E-state index contributed by atoms with van der Waals surface area (Å²) in [5.41, 5.74) is -0.0450. The number of carbonyl (C=O) groups excluding carboxylic acids is 2. The summed E-state index contributed by atoms with van der Waals surface area (Å²) in [4.78, 5) is 32.0. The van der Waals surface area contributed by atoms with Gasteiger partial charge in [0, 0.05) is 28.7 Å². The predicted molar refractivity (Wildman–Crippen MR) is 129 cm³/mol. The van der Waals surface area contributed by atoms with Crippen LogP contribution in [0.25, 0.3) is 0 Å². The van der Waals surface area contributed by atoms with Crippen LogP contribution in [-0.2, 0) is 11.2 Å². The molecule has 33 heavy (non-hydrogen) atoms. The number of anilines is 1. The van der Waals surface area contributed by atoms with E-state index in [9.17, 15) is 19.8 Å². The average Bonchev–Trinajstić information content (AvgIpc) is 3.25. The molecule has 2 amide bonds. The van der Waals surface area contributed by atoms with Crippen LogP contribution in [0.2, 0.25) is 0 Å². The van der Waals surface area contributed by atoms with E-state index in [4.69, 9.17) is 4.98 Å². The third kappa shape index (κ3) is 4.03. The third-order valence-corrected chi connectivity index (χ3v) is 10.1. The first-order valence-corrected chi connectivity index (χ1v) is 13.4. The van der Waals surface area contributed by atoms with E-state index in [2.05, 4.69) is 17.6 Å². The molecule has 2 aromatic heterocycles. The zero-order valence-electron chi connectivity index (χ0n) is 19.0. The molecule has 0 radical (unpaired) electrons. The van der Waals surface area contributed by atoms with Gasteiger partial charge in [-0.2, -0.15) is 0 Å². The van der Waals surface area contributed by atoms with E-state index in [-0.39, 0.29) is 41.7 Å². The molecule has 2 heterocycles. The number of hydrogen-bond acceptors (Lipinski definition) is 7. The van der Waals surface area contributed by atoms with Gasteiger partial charge in [0.25, 0.3) is 5.91 Å². The van der Waals surface area contributed by atoms with Crippen molar-refractivity contribution in [3.63, 3.8) is 0 Å². The van der Waals surface area contributed by atoms with Gasteiger partial charge in [0.15, 0.2) is 5.13 Å². The van der Waals surface area contributed by atoms with Gasteiger partial charge in [-0.1, -0.05) is 19.9 Å². The van der Waals surface area contributed by atoms with Crippen molar-refractivity contribution in [1.82, 2.24) is 10.3 Å². The van der Waals surface area contributed by atoms with Crippen molar-refractivity contribution in [2.24, 2.45) is 16.7 Å². The van der Waals surface area contributed by atoms with E-state index in [1.807, 2.05) is 18.4 Å². The SMILES string of the molecule is C[C@]1(CO)[C@H]2Cc3sc(NC(=O)c4cccs4)nc3[C@@H](CC(=O)NC3CC3)[C@]2(C)CC[C@H]1O. The molecule has 2 saturated carbocycles. The van der Waals surface area contributed by atoms with E-state index in [1.54, 1.807) is 6.07 Å². The maximum Gasteiger partial charge on any atom is 0.267 e. The Balaban J connectivity index is 1.50. The van der Waals surface area contributed by atoms with Crippen molar-refractivity contribution in [1.29, 1.82) is 0 Å². The summed E-state index contributed by atoms with van der Waals surface area (Å²) in [6, 6.07) is 3.91. The highest BCUT2D eigenvalue weighted by atomic mass is 32.1. The number of aliphatic hydroxyl groups is 2. The van der Waals surface area contributed by atoms with Crippen LogP contribution in [0.4, 0.5) is 5.13 Å². The molecule has 5 rings (SSSR count). The van der Waals surface area contributed by atoms with E-state index in [0.29, 0.717) is 29.3 Å². The van der Waals surface area contributed by atoms with Crippen molar-refractivity contribution in [2.75, 3.05) is 11.9 Å². The molecule has 0 bridgehead atoms. The quantitative estimate of drug-likeness (QED) is 0.496. The fraction of sp³-hybridized carbons (Fsp3) is 0.625. The third-order valence-electron chi connectivity index (χ3n) is 8.19. The summed E-state index contributed by atoms with van der Waals surface area (Å²) in [7, 11) is 0. The second-order valence-electron chi connectivity index (χ2n) is 10.3. The average molecular weight is 490 g/mol. The Morgan fingerprint density at radius 3 is 2.73 bits per heavy atom. The standard InChI is InChI=1S/C24H31N3O4S2/c1-23-8-7-18(29)24(2,12-28)17(23)11-16-20(14(23)10-19(30)25-13-5-6-13)26-22(33-16)27-21(31)15-4-3-9-32-15/h3-4,9,13-14,17-18,28-29H,5-8,10-12H2,1-2H3,(H,25,30)(H,26,27,31)/t14-,17+,18-,23+,24+/m1/s1. The molecule has 9 heteroatoms. The number of carbonyl (C=O) groups is 2. The number of fused-ring (bicyclic) bond motifs is 2. The first-order valence-electron chi connectivity index (χ1n) is 11.7. The van der Waals surface area contributed by atoms with Crippen LogP contribution in [0.15, 0.2) is 17.5 Å². The molecule has 2 fully saturated rings. The van der Waals surface area contributed by atoms with Gasteiger partial charge in [-0.25, -0.2) is 4.98 Å². The van der Waals surface area contributed by atoms with E-state index < -0.39 is 11.5 Å². The highest BCUT2D eigenvalue weighted by Crippen LogP contribution is 2.62. The summed E-state index contributed by atoms with van der Waals surface area (Å²) >= 11 is 2.83. The molecular weight excluding hydrogens is 458 g/mol. The Labute approximate surface area is 201 Å². The Kier molecular flexibility index (Phi) is 5.87. The Morgan fingerprint density at radius 1 is 1.27 bits per heavy atom. The summed E-state index contributed by atoms with van der Waals surface area (Å²) in [6.07, 6.45) is 3.84. The number of amides is 2. The maximum atomic E-state index is 12.9. The van der Waals surface area contributed by atoms with Gasteiger partial charge in [0.05, 0.1) is 23.3 Å². The fourth-order valence-electron chi connectivity index (χ4n) is 5.97. The van der Waals surface area contributed by atoms with Crippen LogP contribution in [0.1, 0.15) is 72.1 Å². The number of thiazole rings is 1. The molecule has 0 saturated heterocycles. The molecule has 178 valence electrons. The van der Waals surface area contributed by atoms with Crippen LogP contribution in [0, 0.1) is 16.7 Å². The lowest BCUT2D eigenvalue weighted by Crippen LogP contribution is -2.57. The van der Waals surface area contributed by atoms with Gasteiger partial charge in [-0.05, 0) is 54.9 Å². The molecule has 7 nitrogen and oxygen atoms in total. The molecule has 2 aromatic rings. The number of hydrogen-bond donors (Lipinski definition) is 4. The van der Waals surface area contributed by atoms with Crippen molar-refractivity contribution in [3.05, 3.63) is 33.0 Å². The van der Waals surface area contributed by atoms with E-state index >= 15 is 0 Å². The van der Waals surface area contributed by atoms with Gasteiger partial charge in [-0.3, -0.25) is 14.9 Å². The van der Waals surface area contributed by atoms with Crippen molar-refractivity contribution in [3.8, 4) is 0 Å². The fourth-order valence-corrected chi connectivity index (χ4v) is 7.65. The Morgan fingerprint density at radius 2 is 2.06 bits per heavy atom. The Bertz CT molecular complexity index is 1050. The minimum Gasteiger partial charge on any atom is -0.396 e. The van der Waals surface area contributed by atoms with Gasteiger partial charge in [0.2, 0.25) is 5.91 Å². The minimum atomic E-state index is -0.653. The van der Waals surface area contributed by atoms with E-state index in [1.165, 1.54) is 22.7 Å². The lowest BCUT2D eigenvalue weighted by molar-refractivity contribution is -0.144. The highest BCUT2D eigenvalue weighted by Gasteiger charge is 2.59. The van der Waals surface area contributed by atoms with Crippen LogP contribution >= 0.6 is 22.7 Å². The molecule has 3 aliphatic carbocycles. The molecule has 0 aliphatic heterocycles. The maximum absolute atomic E-state index is 12.9. The first kappa shape index (κ1) is 23.0. The predicted octanol–water partition coefficient (Wildman–Crippen LogP) is 3.54. The normalized spacial score (nSPS) is 33.2. The number of nitrogens with one attached hydrogen (secondary N) is 2.